The van der Waals surface area contributed by atoms with Gasteiger partial charge < -0.3 is 10.6 Å². The summed E-state index contributed by atoms with van der Waals surface area (Å²) in [7, 11) is 2.07. The number of benzene rings is 1. The Bertz CT molecular complexity index is 337. The van der Waals surface area contributed by atoms with E-state index in [0.29, 0.717) is 0 Å². The largest absolute Gasteiger partial charge is 0.373 e. The molecule has 1 rings (SSSR count). The summed E-state index contributed by atoms with van der Waals surface area (Å²) in [5, 5.41) is 0.814. The average molecular weight is 241 g/mol. The Labute approximate surface area is 103 Å². The molecule has 0 saturated carbocycles. The number of hydrogen-bond donors (Lipinski definition) is 1. The average Bonchev–Trinajstić information content (AvgIpc) is 2.16. The van der Waals surface area contributed by atoms with Crippen LogP contribution in [0.2, 0.25) is 5.02 Å². The second kappa shape index (κ2) is 6.12. The molecule has 0 bridgehead atoms. The first-order valence-electron chi connectivity index (χ1n) is 5.79. The maximum absolute atomic E-state index is 6.26. The van der Waals surface area contributed by atoms with Gasteiger partial charge in [-0.3, -0.25) is 0 Å². The van der Waals surface area contributed by atoms with Crippen LogP contribution in [0.3, 0.4) is 0 Å². The summed E-state index contributed by atoms with van der Waals surface area (Å²) in [6.07, 6.45) is 1.99. The van der Waals surface area contributed by atoms with Gasteiger partial charge in [0.25, 0.3) is 0 Å². The van der Waals surface area contributed by atoms with Crippen molar-refractivity contribution in [2.45, 2.75) is 32.7 Å². The van der Waals surface area contributed by atoms with Crippen LogP contribution in [0.1, 0.15) is 25.8 Å². The van der Waals surface area contributed by atoms with Gasteiger partial charge in [0, 0.05) is 19.6 Å². The van der Waals surface area contributed by atoms with E-state index in [-0.39, 0.29) is 6.04 Å². The molecule has 0 aromatic heterocycles. The van der Waals surface area contributed by atoms with Crippen molar-refractivity contribution in [2.24, 2.45) is 5.73 Å². The molecule has 1 aromatic carbocycles. The molecule has 0 saturated heterocycles. The van der Waals surface area contributed by atoms with E-state index in [1.54, 1.807) is 0 Å². The lowest BCUT2D eigenvalue weighted by Gasteiger charge is -2.20. The monoisotopic (exact) mass is 240 g/mol. The molecule has 1 unspecified atom stereocenters. The van der Waals surface area contributed by atoms with Crippen molar-refractivity contribution in [2.75, 3.05) is 18.5 Å². The van der Waals surface area contributed by atoms with Gasteiger partial charge >= 0.3 is 0 Å². The summed E-state index contributed by atoms with van der Waals surface area (Å²) in [6.45, 7) is 5.19. The molecule has 16 heavy (non-hydrogen) atoms. The van der Waals surface area contributed by atoms with Crippen molar-refractivity contribution >= 4 is 17.3 Å². The lowest BCUT2D eigenvalue weighted by molar-refractivity contribution is 0.738. The van der Waals surface area contributed by atoms with Gasteiger partial charge in [0.1, 0.15) is 0 Å². The molecule has 0 radical (unpaired) electrons. The summed E-state index contributed by atoms with van der Waals surface area (Å²) >= 11 is 6.26. The Balaban J connectivity index is 2.82. The van der Waals surface area contributed by atoms with Crippen molar-refractivity contribution in [3.63, 3.8) is 0 Å². The third kappa shape index (κ3) is 3.69. The molecular weight excluding hydrogens is 220 g/mol. The standard InChI is InChI=1S/C13H21ClN2/c1-4-7-16(3)13-6-5-11(8-10(2)15)9-12(13)14/h5-6,9-10H,4,7-8,15H2,1-3H3. The van der Waals surface area contributed by atoms with Crippen LogP contribution in [0.25, 0.3) is 0 Å². The van der Waals surface area contributed by atoms with E-state index in [0.717, 1.165) is 30.1 Å². The third-order valence-corrected chi connectivity index (χ3v) is 2.84. The van der Waals surface area contributed by atoms with Crippen LogP contribution in [0.5, 0.6) is 0 Å². The molecule has 0 spiro atoms. The zero-order chi connectivity index (χ0) is 12.1. The molecule has 1 aromatic rings. The Morgan fingerprint density at radius 1 is 1.44 bits per heavy atom. The molecule has 3 heteroatoms. The number of halogens is 1. The fourth-order valence-corrected chi connectivity index (χ4v) is 2.16. The van der Waals surface area contributed by atoms with Gasteiger partial charge in [-0.05, 0) is 37.5 Å². The summed E-state index contributed by atoms with van der Waals surface area (Å²) in [5.41, 5.74) is 8.06. The Hall–Kier alpha value is -0.730. The number of rotatable bonds is 5. The summed E-state index contributed by atoms with van der Waals surface area (Å²) in [5.74, 6) is 0. The summed E-state index contributed by atoms with van der Waals surface area (Å²) in [6, 6.07) is 6.38. The number of nitrogens with zero attached hydrogens (tertiary/aromatic N) is 1. The van der Waals surface area contributed by atoms with Gasteiger partial charge in [-0.2, -0.15) is 0 Å². The highest BCUT2D eigenvalue weighted by atomic mass is 35.5. The minimum absolute atomic E-state index is 0.176. The first-order valence-corrected chi connectivity index (χ1v) is 6.17. The van der Waals surface area contributed by atoms with E-state index in [2.05, 4.69) is 31.0 Å². The maximum Gasteiger partial charge on any atom is 0.0642 e. The Kier molecular flexibility index (Phi) is 5.10. The summed E-state index contributed by atoms with van der Waals surface area (Å²) in [4.78, 5) is 2.18. The lowest BCUT2D eigenvalue weighted by Crippen LogP contribution is -2.19. The molecule has 90 valence electrons. The van der Waals surface area contributed by atoms with E-state index < -0.39 is 0 Å². The van der Waals surface area contributed by atoms with Crippen molar-refractivity contribution in [1.82, 2.24) is 0 Å². The minimum Gasteiger partial charge on any atom is -0.373 e. The van der Waals surface area contributed by atoms with Crippen molar-refractivity contribution in [3.8, 4) is 0 Å². The molecule has 0 aliphatic rings. The zero-order valence-electron chi connectivity index (χ0n) is 10.3. The van der Waals surface area contributed by atoms with Crippen LogP contribution >= 0.6 is 11.6 Å². The van der Waals surface area contributed by atoms with Crippen LogP contribution in [0.15, 0.2) is 18.2 Å². The molecule has 2 nitrogen and oxygen atoms in total. The van der Waals surface area contributed by atoms with Crippen LogP contribution < -0.4 is 10.6 Å². The van der Waals surface area contributed by atoms with E-state index in [1.807, 2.05) is 13.0 Å². The third-order valence-electron chi connectivity index (χ3n) is 2.54. The van der Waals surface area contributed by atoms with E-state index in [1.165, 1.54) is 5.56 Å². The van der Waals surface area contributed by atoms with Crippen LogP contribution in [0.4, 0.5) is 5.69 Å². The van der Waals surface area contributed by atoms with Gasteiger partial charge in [0.05, 0.1) is 10.7 Å². The molecule has 0 aliphatic carbocycles. The van der Waals surface area contributed by atoms with Crippen molar-refractivity contribution < 1.29 is 0 Å². The lowest BCUT2D eigenvalue weighted by atomic mass is 10.1. The highest BCUT2D eigenvalue weighted by Crippen LogP contribution is 2.26. The van der Waals surface area contributed by atoms with Gasteiger partial charge in [0.2, 0.25) is 0 Å². The fraction of sp³-hybridized carbons (Fsp3) is 0.538. The molecule has 0 heterocycles. The van der Waals surface area contributed by atoms with Crippen molar-refractivity contribution in [1.29, 1.82) is 0 Å². The topological polar surface area (TPSA) is 29.3 Å². The summed E-state index contributed by atoms with van der Waals surface area (Å²) < 4.78 is 0. The number of nitrogens with two attached hydrogens (primary N) is 1. The van der Waals surface area contributed by atoms with Gasteiger partial charge in [0.15, 0.2) is 0 Å². The van der Waals surface area contributed by atoms with Crippen LogP contribution in [-0.4, -0.2) is 19.6 Å². The first-order chi connectivity index (χ1) is 7.54. The quantitative estimate of drug-likeness (QED) is 0.857. The SMILES string of the molecule is CCCN(C)c1ccc(CC(C)N)cc1Cl. The normalized spacial score (nSPS) is 12.6. The minimum atomic E-state index is 0.176. The maximum atomic E-state index is 6.26. The second-order valence-corrected chi connectivity index (χ2v) is 4.80. The van der Waals surface area contributed by atoms with Gasteiger partial charge in [-0.25, -0.2) is 0 Å². The second-order valence-electron chi connectivity index (χ2n) is 4.39. The highest BCUT2D eigenvalue weighted by molar-refractivity contribution is 6.33. The molecule has 0 amide bonds. The first kappa shape index (κ1) is 13.3. The predicted molar refractivity (Wildman–Crippen MR) is 72.4 cm³/mol. The molecule has 1 atom stereocenters. The van der Waals surface area contributed by atoms with E-state index in [4.69, 9.17) is 17.3 Å². The number of hydrogen-bond acceptors (Lipinski definition) is 2. The van der Waals surface area contributed by atoms with Crippen molar-refractivity contribution in [3.05, 3.63) is 28.8 Å². The number of anilines is 1. The molecule has 0 aliphatic heterocycles. The predicted octanol–water partition coefficient (Wildman–Crippen LogP) is 3.08. The van der Waals surface area contributed by atoms with Crippen LogP contribution in [0, 0.1) is 0 Å². The van der Waals surface area contributed by atoms with E-state index in [9.17, 15) is 0 Å². The molecule has 0 fully saturated rings. The molecule has 2 N–H and O–H groups in total. The van der Waals surface area contributed by atoms with E-state index >= 15 is 0 Å². The zero-order valence-corrected chi connectivity index (χ0v) is 11.1. The smallest absolute Gasteiger partial charge is 0.0642 e. The fourth-order valence-electron chi connectivity index (χ4n) is 1.81. The van der Waals surface area contributed by atoms with Gasteiger partial charge in [-0.1, -0.05) is 24.6 Å². The Morgan fingerprint density at radius 2 is 2.12 bits per heavy atom. The molecular formula is C13H21ClN2. The van der Waals surface area contributed by atoms with Crippen LogP contribution in [-0.2, 0) is 6.42 Å². The van der Waals surface area contributed by atoms with Gasteiger partial charge in [-0.15, -0.1) is 0 Å². The highest BCUT2D eigenvalue weighted by Gasteiger charge is 2.07. The Morgan fingerprint density at radius 3 is 2.62 bits per heavy atom.